The van der Waals surface area contributed by atoms with E-state index in [2.05, 4.69) is 15.3 Å². The Morgan fingerprint density at radius 3 is 2.52 bits per heavy atom. The summed E-state index contributed by atoms with van der Waals surface area (Å²) in [5, 5.41) is 3.45. The molecular formula is C22H20ClN5O2S. The maximum absolute atomic E-state index is 12.5. The fraction of sp³-hybridized carbons (Fsp3) is 0.182. The topological polar surface area (TPSA) is 81.3 Å². The van der Waals surface area contributed by atoms with Crippen LogP contribution in [0.25, 0.3) is 5.78 Å². The Bertz CT molecular complexity index is 1280. The average Bonchev–Trinajstić information content (AvgIpc) is 3.19. The largest absolute Gasteiger partial charge is 0.322 e. The highest BCUT2D eigenvalue weighted by atomic mass is 35.5. The van der Waals surface area contributed by atoms with E-state index in [1.54, 1.807) is 53.1 Å². The number of thioether (sulfide) groups is 1. The number of amides is 1. The van der Waals surface area contributed by atoms with Gasteiger partial charge in [-0.05, 0) is 62.4 Å². The molecule has 0 saturated heterocycles. The second-order valence-electron chi connectivity index (χ2n) is 7.19. The number of nitrogens with zero attached hydrogens (tertiary/aromatic N) is 4. The van der Waals surface area contributed by atoms with Gasteiger partial charge in [0.25, 0.3) is 17.2 Å². The molecule has 0 aliphatic heterocycles. The molecule has 0 fully saturated rings. The third-order valence-electron chi connectivity index (χ3n) is 4.59. The Hall–Kier alpha value is -3.10. The van der Waals surface area contributed by atoms with E-state index in [9.17, 15) is 9.59 Å². The summed E-state index contributed by atoms with van der Waals surface area (Å²) in [4.78, 5) is 34.5. The number of hydrogen-bond donors (Lipinski definition) is 1. The number of rotatable bonds is 6. The predicted octanol–water partition coefficient (Wildman–Crippen LogP) is 4.67. The lowest BCUT2D eigenvalue weighted by atomic mass is 10.2. The number of hydrogen-bond acceptors (Lipinski definition) is 5. The number of fused-ring (bicyclic) bond motifs is 1. The molecule has 7 nitrogen and oxygen atoms in total. The highest BCUT2D eigenvalue weighted by Crippen LogP contribution is 2.24. The van der Waals surface area contributed by atoms with E-state index in [0.717, 1.165) is 4.90 Å². The van der Waals surface area contributed by atoms with Crippen LogP contribution in [0.1, 0.15) is 35.9 Å². The molecule has 1 N–H and O–H groups in total. The van der Waals surface area contributed by atoms with Gasteiger partial charge in [0, 0.05) is 39.0 Å². The molecule has 158 valence electrons. The minimum absolute atomic E-state index is 0.114. The third-order valence-corrected chi connectivity index (χ3v) is 5.89. The summed E-state index contributed by atoms with van der Waals surface area (Å²) < 4.78 is 3.25. The summed E-state index contributed by atoms with van der Waals surface area (Å²) in [6.07, 6.45) is 1.63. The van der Waals surface area contributed by atoms with Gasteiger partial charge in [0.15, 0.2) is 0 Å². The molecule has 0 aliphatic rings. The minimum atomic E-state index is -0.198. The molecule has 0 aliphatic carbocycles. The van der Waals surface area contributed by atoms with E-state index >= 15 is 0 Å². The van der Waals surface area contributed by atoms with Crippen molar-refractivity contribution in [1.82, 2.24) is 19.2 Å². The van der Waals surface area contributed by atoms with Crippen molar-refractivity contribution in [3.05, 3.63) is 87.6 Å². The lowest BCUT2D eigenvalue weighted by molar-refractivity contribution is 0.102. The van der Waals surface area contributed by atoms with Gasteiger partial charge in [-0.25, -0.2) is 4.98 Å². The summed E-state index contributed by atoms with van der Waals surface area (Å²) in [6, 6.07) is 15.9. The van der Waals surface area contributed by atoms with Crippen LogP contribution in [0.4, 0.5) is 5.69 Å². The third kappa shape index (κ3) is 4.81. The number of halogens is 1. The second-order valence-corrected chi connectivity index (χ2v) is 8.68. The van der Waals surface area contributed by atoms with Crippen LogP contribution >= 0.6 is 23.4 Å². The van der Waals surface area contributed by atoms with Crippen LogP contribution in [0.15, 0.2) is 70.6 Å². The molecule has 1 amide bonds. The van der Waals surface area contributed by atoms with Crippen molar-refractivity contribution in [2.45, 2.75) is 30.5 Å². The zero-order valence-corrected chi connectivity index (χ0v) is 18.5. The first-order chi connectivity index (χ1) is 14.9. The van der Waals surface area contributed by atoms with Crippen LogP contribution in [-0.2, 0) is 5.75 Å². The highest BCUT2D eigenvalue weighted by molar-refractivity contribution is 7.98. The first-order valence-electron chi connectivity index (χ1n) is 9.66. The molecule has 4 rings (SSSR count). The van der Waals surface area contributed by atoms with Gasteiger partial charge in [0.1, 0.15) is 6.33 Å². The van der Waals surface area contributed by atoms with Gasteiger partial charge in [0.2, 0.25) is 0 Å². The maximum atomic E-state index is 12.5. The van der Waals surface area contributed by atoms with Crippen LogP contribution in [0, 0.1) is 0 Å². The minimum Gasteiger partial charge on any atom is -0.322 e. The van der Waals surface area contributed by atoms with Gasteiger partial charge in [-0.15, -0.1) is 11.8 Å². The van der Waals surface area contributed by atoms with Gasteiger partial charge in [-0.2, -0.15) is 9.50 Å². The van der Waals surface area contributed by atoms with Gasteiger partial charge in [-0.1, -0.05) is 11.6 Å². The zero-order chi connectivity index (χ0) is 22.0. The van der Waals surface area contributed by atoms with Crippen molar-refractivity contribution in [1.29, 1.82) is 0 Å². The Morgan fingerprint density at radius 1 is 1.13 bits per heavy atom. The molecule has 0 atom stereocenters. The van der Waals surface area contributed by atoms with Crippen LogP contribution in [0.3, 0.4) is 0 Å². The van der Waals surface area contributed by atoms with Crippen molar-refractivity contribution < 1.29 is 4.79 Å². The number of nitrogens with one attached hydrogen (secondary N) is 1. The smallest absolute Gasteiger partial charge is 0.274 e. The number of carbonyl (C=O) groups is 1. The van der Waals surface area contributed by atoms with E-state index in [-0.39, 0.29) is 17.5 Å². The standard InChI is InChI=1S/C22H20ClN5O2S/c1-14(2)27-13-24-22-26-18(11-20(29)28(22)27)12-31-19-9-7-17(8-10-19)25-21(30)15-3-5-16(23)6-4-15/h3-11,13-14H,12H2,1-2H3,(H,25,30). The normalized spacial score (nSPS) is 11.2. The molecule has 2 aromatic carbocycles. The number of anilines is 1. The molecule has 31 heavy (non-hydrogen) atoms. The van der Waals surface area contributed by atoms with Crippen molar-refractivity contribution in [2.75, 3.05) is 5.32 Å². The predicted molar refractivity (Wildman–Crippen MR) is 123 cm³/mol. The SMILES string of the molecule is CC(C)n1cnc2nc(CSc3ccc(NC(=O)c4ccc(Cl)cc4)cc3)cc(=O)n21. The average molecular weight is 454 g/mol. The zero-order valence-electron chi connectivity index (χ0n) is 16.9. The molecule has 9 heteroatoms. The van der Waals surface area contributed by atoms with Gasteiger partial charge in [-0.3, -0.25) is 14.3 Å². The molecule has 4 aromatic rings. The van der Waals surface area contributed by atoms with Crippen LogP contribution in [-0.4, -0.2) is 25.1 Å². The Balaban J connectivity index is 1.41. The number of aromatic nitrogens is 4. The van der Waals surface area contributed by atoms with E-state index in [1.165, 1.54) is 4.52 Å². The fourth-order valence-electron chi connectivity index (χ4n) is 3.01. The molecule has 0 spiro atoms. The summed E-state index contributed by atoms with van der Waals surface area (Å²) >= 11 is 7.41. The van der Waals surface area contributed by atoms with E-state index in [0.29, 0.717) is 33.5 Å². The van der Waals surface area contributed by atoms with Crippen LogP contribution < -0.4 is 10.9 Å². The second kappa shape index (κ2) is 8.95. The monoisotopic (exact) mass is 453 g/mol. The fourth-order valence-corrected chi connectivity index (χ4v) is 3.92. The first kappa shape index (κ1) is 21.1. The highest BCUT2D eigenvalue weighted by Gasteiger charge is 2.11. The van der Waals surface area contributed by atoms with Crippen LogP contribution in [0.2, 0.25) is 5.02 Å². The summed E-state index contributed by atoms with van der Waals surface area (Å²) in [5.41, 5.74) is 1.76. The molecule has 2 aromatic heterocycles. The van der Waals surface area contributed by atoms with Crippen molar-refractivity contribution >= 4 is 40.7 Å². The Morgan fingerprint density at radius 2 is 1.84 bits per heavy atom. The van der Waals surface area contributed by atoms with Gasteiger partial charge < -0.3 is 5.32 Å². The van der Waals surface area contributed by atoms with E-state index in [1.807, 2.05) is 38.1 Å². The number of carbonyl (C=O) groups excluding carboxylic acids is 1. The Labute approximate surface area is 188 Å². The molecule has 0 bridgehead atoms. The van der Waals surface area contributed by atoms with Crippen molar-refractivity contribution in [3.8, 4) is 0 Å². The van der Waals surface area contributed by atoms with Gasteiger partial charge >= 0.3 is 0 Å². The molecule has 0 unspecified atom stereocenters. The van der Waals surface area contributed by atoms with Crippen molar-refractivity contribution in [2.24, 2.45) is 0 Å². The number of benzene rings is 2. The van der Waals surface area contributed by atoms with E-state index in [4.69, 9.17) is 11.6 Å². The van der Waals surface area contributed by atoms with Crippen molar-refractivity contribution in [3.63, 3.8) is 0 Å². The Kier molecular flexibility index (Phi) is 6.11. The lowest BCUT2D eigenvalue weighted by Crippen LogP contribution is -2.22. The lowest BCUT2D eigenvalue weighted by Gasteiger charge is -2.09. The van der Waals surface area contributed by atoms with Gasteiger partial charge in [0.05, 0.1) is 5.69 Å². The summed E-state index contributed by atoms with van der Waals surface area (Å²) in [5.74, 6) is 0.740. The molecular weight excluding hydrogens is 434 g/mol. The van der Waals surface area contributed by atoms with E-state index < -0.39 is 0 Å². The summed E-state index contributed by atoms with van der Waals surface area (Å²) in [7, 11) is 0. The van der Waals surface area contributed by atoms with Crippen LogP contribution in [0.5, 0.6) is 0 Å². The molecule has 0 radical (unpaired) electrons. The summed E-state index contributed by atoms with van der Waals surface area (Å²) in [6.45, 7) is 3.97. The maximum Gasteiger partial charge on any atom is 0.274 e. The first-order valence-corrected chi connectivity index (χ1v) is 11.0. The molecule has 0 saturated carbocycles. The molecule has 2 heterocycles. The quantitative estimate of drug-likeness (QED) is 0.429.